The van der Waals surface area contributed by atoms with Gasteiger partial charge in [0.1, 0.15) is 0 Å². The number of rotatable bonds is 6. The zero-order valence-electron chi connectivity index (χ0n) is 8.76. The lowest BCUT2D eigenvalue weighted by molar-refractivity contribution is -0.0583. The van der Waals surface area contributed by atoms with Crippen molar-refractivity contribution in [2.75, 3.05) is 13.2 Å². The molecule has 74 valence electrons. The molecule has 0 aliphatic rings. The van der Waals surface area contributed by atoms with Crippen molar-refractivity contribution in [3.8, 4) is 0 Å². The Balaban J connectivity index is 3.86. The van der Waals surface area contributed by atoms with E-state index >= 15 is 0 Å². The molecule has 0 bridgehead atoms. The van der Waals surface area contributed by atoms with E-state index in [1.54, 1.807) is 0 Å². The van der Waals surface area contributed by atoms with Gasteiger partial charge in [-0.3, -0.25) is 0 Å². The Kier molecular flexibility index (Phi) is 5.51. The molecule has 0 aliphatic heterocycles. The van der Waals surface area contributed by atoms with E-state index in [0.29, 0.717) is 19.1 Å². The van der Waals surface area contributed by atoms with Crippen LogP contribution in [0.2, 0.25) is 0 Å². The van der Waals surface area contributed by atoms with Gasteiger partial charge < -0.3 is 9.84 Å². The molecule has 0 aromatic rings. The van der Waals surface area contributed by atoms with Crippen LogP contribution in [0.15, 0.2) is 0 Å². The average molecular weight is 174 g/mol. The van der Waals surface area contributed by atoms with Crippen LogP contribution in [0.25, 0.3) is 0 Å². The van der Waals surface area contributed by atoms with Gasteiger partial charge in [0.25, 0.3) is 0 Å². The van der Waals surface area contributed by atoms with E-state index in [4.69, 9.17) is 4.74 Å². The summed E-state index contributed by atoms with van der Waals surface area (Å²) in [5.41, 5.74) is -0.607. The van der Waals surface area contributed by atoms with Crippen LogP contribution in [0.1, 0.15) is 40.5 Å². The zero-order valence-corrected chi connectivity index (χ0v) is 8.76. The predicted molar refractivity (Wildman–Crippen MR) is 51.2 cm³/mol. The molecular weight excluding hydrogens is 152 g/mol. The molecule has 0 amide bonds. The van der Waals surface area contributed by atoms with Crippen LogP contribution in [0.3, 0.4) is 0 Å². The highest BCUT2D eigenvalue weighted by Crippen LogP contribution is 2.20. The predicted octanol–water partition coefficient (Wildman–Crippen LogP) is 2.21. The maximum absolute atomic E-state index is 10.00. The highest BCUT2D eigenvalue weighted by atomic mass is 16.5. The Bertz CT molecular complexity index is 112. The summed E-state index contributed by atoms with van der Waals surface area (Å²) in [6, 6.07) is 0. The minimum absolute atomic E-state index is 0.470. The van der Waals surface area contributed by atoms with Gasteiger partial charge >= 0.3 is 0 Å². The molecule has 1 unspecified atom stereocenters. The Labute approximate surface area is 75.9 Å². The molecule has 12 heavy (non-hydrogen) atoms. The fourth-order valence-electron chi connectivity index (χ4n) is 1.36. The second-order valence-corrected chi connectivity index (χ2v) is 3.81. The molecule has 1 atom stereocenters. The molecule has 2 nitrogen and oxygen atoms in total. The summed E-state index contributed by atoms with van der Waals surface area (Å²) in [6.45, 7) is 9.34. The molecular formula is C10H22O2. The van der Waals surface area contributed by atoms with Crippen molar-refractivity contribution >= 4 is 0 Å². The van der Waals surface area contributed by atoms with Gasteiger partial charge in [-0.15, -0.1) is 0 Å². The molecule has 2 heteroatoms. The molecule has 0 aromatic heterocycles. The van der Waals surface area contributed by atoms with E-state index in [-0.39, 0.29) is 0 Å². The van der Waals surface area contributed by atoms with E-state index in [2.05, 4.69) is 13.8 Å². The molecule has 0 heterocycles. The van der Waals surface area contributed by atoms with E-state index in [9.17, 15) is 5.11 Å². The Morgan fingerprint density at radius 1 is 1.33 bits per heavy atom. The van der Waals surface area contributed by atoms with Crippen LogP contribution < -0.4 is 0 Å². The topological polar surface area (TPSA) is 29.5 Å². The van der Waals surface area contributed by atoms with Gasteiger partial charge in [-0.1, -0.05) is 20.8 Å². The standard InChI is InChI=1S/C10H22O2/c1-5-10(11,7-9(3)4)8-12-6-2/h9,11H,5-8H2,1-4H3. The Hall–Kier alpha value is -0.0800. The summed E-state index contributed by atoms with van der Waals surface area (Å²) in [4.78, 5) is 0. The Morgan fingerprint density at radius 3 is 2.25 bits per heavy atom. The first-order valence-electron chi connectivity index (χ1n) is 4.84. The van der Waals surface area contributed by atoms with Crippen molar-refractivity contribution in [3.63, 3.8) is 0 Å². The van der Waals surface area contributed by atoms with Gasteiger partial charge in [-0.2, -0.15) is 0 Å². The second kappa shape index (κ2) is 5.55. The SMILES string of the molecule is CCOCC(O)(CC)CC(C)C. The lowest BCUT2D eigenvalue weighted by Gasteiger charge is -2.28. The third-order valence-corrected chi connectivity index (χ3v) is 2.02. The largest absolute Gasteiger partial charge is 0.387 e. The number of ether oxygens (including phenoxy) is 1. The third kappa shape index (κ3) is 4.73. The number of hydrogen-bond donors (Lipinski definition) is 1. The normalized spacial score (nSPS) is 16.5. The average Bonchev–Trinajstić information content (AvgIpc) is 2.00. The van der Waals surface area contributed by atoms with Crippen LogP contribution in [0.4, 0.5) is 0 Å². The highest BCUT2D eigenvalue weighted by Gasteiger charge is 2.25. The van der Waals surface area contributed by atoms with Crippen molar-refractivity contribution in [2.24, 2.45) is 5.92 Å². The van der Waals surface area contributed by atoms with Crippen molar-refractivity contribution in [1.29, 1.82) is 0 Å². The van der Waals surface area contributed by atoms with E-state index in [1.807, 2.05) is 13.8 Å². The summed E-state index contributed by atoms with van der Waals surface area (Å²) in [7, 11) is 0. The van der Waals surface area contributed by atoms with Crippen molar-refractivity contribution < 1.29 is 9.84 Å². The first kappa shape index (κ1) is 11.9. The smallest absolute Gasteiger partial charge is 0.0880 e. The van der Waals surface area contributed by atoms with Gasteiger partial charge in [0.05, 0.1) is 12.2 Å². The van der Waals surface area contributed by atoms with Crippen molar-refractivity contribution in [3.05, 3.63) is 0 Å². The summed E-state index contributed by atoms with van der Waals surface area (Å²) < 4.78 is 5.24. The lowest BCUT2D eigenvalue weighted by atomic mass is 9.91. The minimum Gasteiger partial charge on any atom is -0.387 e. The molecule has 0 saturated carbocycles. The number of hydrogen-bond acceptors (Lipinski definition) is 2. The van der Waals surface area contributed by atoms with Crippen LogP contribution >= 0.6 is 0 Å². The molecule has 1 N–H and O–H groups in total. The second-order valence-electron chi connectivity index (χ2n) is 3.81. The molecule has 0 rings (SSSR count). The van der Waals surface area contributed by atoms with Crippen LogP contribution in [-0.4, -0.2) is 23.9 Å². The fourth-order valence-corrected chi connectivity index (χ4v) is 1.36. The molecule has 0 spiro atoms. The van der Waals surface area contributed by atoms with Gasteiger partial charge in [0, 0.05) is 6.61 Å². The molecule has 0 fully saturated rings. The third-order valence-electron chi connectivity index (χ3n) is 2.02. The molecule has 0 aromatic carbocycles. The van der Waals surface area contributed by atoms with Crippen LogP contribution in [0, 0.1) is 5.92 Å². The molecule has 0 aliphatic carbocycles. The maximum Gasteiger partial charge on any atom is 0.0880 e. The van der Waals surface area contributed by atoms with E-state index in [0.717, 1.165) is 12.8 Å². The first-order chi connectivity index (χ1) is 5.54. The maximum atomic E-state index is 10.00. The fraction of sp³-hybridized carbons (Fsp3) is 1.00. The van der Waals surface area contributed by atoms with Gasteiger partial charge in [0.2, 0.25) is 0 Å². The van der Waals surface area contributed by atoms with Crippen LogP contribution in [-0.2, 0) is 4.74 Å². The quantitative estimate of drug-likeness (QED) is 0.669. The van der Waals surface area contributed by atoms with Crippen LogP contribution in [0.5, 0.6) is 0 Å². The van der Waals surface area contributed by atoms with Gasteiger partial charge in [-0.05, 0) is 25.7 Å². The van der Waals surface area contributed by atoms with Gasteiger partial charge in [-0.25, -0.2) is 0 Å². The zero-order chi connectivity index (χ0) is 9.61. The van der Waals surface area contributed by atoms with Crippen molar-refractivity contribution in [2.45, 2.75) is 46.1 Å². The van der Waals surface area contributed by atoms with E-state index < -0.39 is 5.60 Å². The first-order valence-corrected chi connectivity index (χ1v) is 4.84. The van der Waals surface area contributed by atoms with Gasteiger partial charge in [0.15, 0.2) is 0 Å². The summed E-state index contributed by atoms with van der Waals surface area (Å²) in [5, 5.41) is 10.00. The Morgan fingerprint density at radius 2 is 1.92 bits per heavy atom. The molecule has 0 radical (unpaired) electrons. The summed E-state index contributed by atoms with van der Waals surface area (Å²) >= 11 is 0. The molecule has 0 saturated heterocycles. The lowest BCUT2D eigenvalue weighted by Crippen LogP contribution is -2.35. The van der Waals surface area contributed by atoms with Crippen molar-refractivity contribution in [1.82, 2.24) is 0 Å². The monoisotopic (exact) mass is 174 g/mol. The number of aliphatic hydroxyl groups is 1. The minimum atomic E-state index is -0.607. The summed E-state index contributed by atoms with van der Waals surface area (Å²) in [5.74, 6) is 0.524. The van der Waals surface area contributed by atoms with E-state index in [1.165, 1.54) is 0 Å². The highest BCUT2D eigenvalue weighted by molar-refractivity contribution is 4.77. The summed E-state index contributed by atoms with van der Waals surface area (Å²) in [6.07, 6.45) is 1.59.